The molecule has 0 aliphatic carbocycles. The largest absolute Gasteiger partial charge is 0.467 e. The van der Waals surface area contributed by atoms with Gasteiger partial charge in [-0.15, -0.1) is 0 Å². The first-order valence-corrected chi connectivity index (χ1v) is 4.87. The summed E-state index contributed by atoms with van der Waals surface area (Å²) in [7, 11) is 1.27. The van der Waals surface area contributed by atoms with Crippen molar-refractivity contribution in [3.8, 4) is 0 Å². The van der Waals surface area contributed by atoms with Crippen LogP contribution in [0, 0.1) is 0 Å². The van der Waals surface area contributed by atoms with Crippen LogP contribution < -0.4 is 16.8 Å². The molecule has 9 N–H and O–H groups in total. The first-order chi connectivity index (χ1) is 7.47. The monoisotopic (exact) mass is 266 g/mol. The summed E-state index contributed by atoms with van der Waals surface area (Å²) in [6.07, 6.45) is 1.01. The average molecular weight is 266 g/mol. The van der Waals surface area contributed by atoms with Gasteiger partial charge in [-0.3, -0.25) is 9.79 Å². The van der Waals surface area contributed by atoms with Crippen LogP contribution in [0.3, 0.4) is 0 Å². The smallest absolute Gasteiger partial charge is 0.328 e. The highest BCUT2D eigenvalue weighted by Gasteiger charge is 2.19. The number of carbonyl (C=O) groups excluding carboxylic acids is 2. The molecule has 9 heteroatoms. The van der Waals surface area contributed by atoms with Crippen molar-refractivity contribution in [2.75, 3.05) is 13.7 Å². The lowest BCUT2D eigenvalue weighted by Gasteiger charge is -2.14. The Labute approximate surface area is 105 Å². The minimum Gasteiger partial charge on any atom is -0.467 e. The van der Waals surface area contributed by atoms with Crippen LogP contribution in [-0.4, -0.2) is 48.5 Å². The molecule has 0 aliphatic heterocycles. The van der Waals surface area contributed by atoms with Gasteiger partial charge in [-0.25, -0.2) is 4.79 Å². The predicted octanol–water partition coefficient (Wildman–Crippen LogP) is -2.93. The van der Waals surface area contributed by atoms with Gasteiger partial charge >= 0.3 is 5.97 Å². The van der Waals surface area contributed by atoms with Crippen molar-refractivity contribution in [3.05, 3.63) is 0 Å². The molecule has 0 aromatic carbocycles. The van der Waals surface area contributed by atoms with E-state index in [4.69, 9.17) is 11.5 Å². The van der Waals surface area contributed by atoms with E-state index in [-0.39, 0.29) is 22.8 Å². The van der Waals surface area contributed by atoms with E-state index in [1.807, 2.05) is 0 Å². The normalized spacial score (nSPS) is 10.1. The molecular weight excluding hydrogens is 244 g/mol. The van der Waals surface area contributed by atoms with E-state index < -0.39 is 12.0 Å². The van der Waals surface area contributed by atoms with Gasteiger partial charge < -0.3 is 32.5 Å². The third-order valence-electron chi connectivity index (χ3n) is 1.81. The van der Waals surface area contributed by atoms with Gasteiger partial charge in [-0.05, 0) is 12.8 Å². The van der Waals surface area contributed by atoms with Crippen LogP contribution in [0.15, 0.2) is 4.99 Å². The lowest BCUT2D eigenvalue weighted by molar-refractivity contribution is -0.145. The van der Waals surface area contributed by atoms with Crippen LogP contribution in [0.1, 0.15) is 19.8 Å². The number of ether oxygens (including phenoxy) is 1. The molecule has 0 rings (SSSR count). The molecule has 0 saturated heterocycles. The second-order valence-corrected chi connectivity index (χ2v) is 3.23. The number of hydrogen-bond acceptors (Lipinski definition) is 4. The Kier molecular flexibility index (Phi) is 13.8. The summed E-state index contributed by atoms with van der Waals surface area (Å²) in [4.78, 5) is 25.9. The first kappa shape index (κ1) is 21.4. The van der Waals surface area contributed by atoms with Crippen molar-refractivity contribution in [1.82, 2.24) is 5.32 Å². The van der Waals surface area contributed by atoms with E-state index in [9.17, 15) is 9.59 Å². The fourth-order valence-electron chi connectivity index (χ4n) is 1.14. The minimum atomic E-state index is -0.642. The average Bonchev–Trinajstić information content (AvgIpc) is 2.20. The Balaban J connectivity index is -0.00000112. The summed E-state index contributed by atoms with van der Waals surface area (Å²) < 4.78 is 4.55. The molecule has 108 valence electrons. The van der Waals surface area contributed by atoms with Crippen molar-refractivity contribution in [2.45, 2.75) is 25.8 Å². The molecular formula is C9H22N4O5. The zero-order valence-corrected chi connectivity index (χ0v) is 10.5. The fraction of sp³-hybridized carbons (Fsp3) is 0.667. The second-order valence-electron chi connectivity index (χ2n) is 3.23. The third-order valence-corrected chi connectivity index (χ3v) is 1.81. The molecule has 9 nitrogen and oxygen atoms in total. The quantitative estimate of drug-likeness (QED) is 0.201. The van der Waals surface area contributed by atoms with Crippen LogP contribution in [0.2, 0.25) is 0 Å². The lowest BCUT2D eigenvalue weighted by atomic mass is 10.1. The number of nitrogens with zero attached hydrogens (tertiary/aromatic N) is 1. The zero-order valence-electron chi connectivity index (χ0n) is 10.5. The van der Waals surface area contributed by atoms with Gasteiger partial charge in [0.2, 0.25) is 5.91 Å². The highest BCUT2D eigenvalue weighted by molar-refractivity contribution is 5.83. The van der Waals surface area contributed by atoms with Crippen LogP contribution in [0.4, 0.5) is 0 Å². The number of esters is 1. The third kappa shape index (κ3) is 10.6. The number of carbonyl (C=O) groups is 2. The number of nitrogens with two attached hydrogens (primary N) is 2. The molecule has 0 spiro atoms. The summed E-state index contributed by atoms with van der Waals surface area (Å²) in [6, 6.07) is -0.642. The van der Waals surface area contributed by atoms with Gasteiger partial charge in [0.15, 0.2) is 5.96 Å². The number of rotatable bonds is 6. The van der Waals surface area contributed by atoms with Gasteiger partial charge in [-0.2, -0.15) is 0 Å². The Morgan fingerprint density at radius 1 is 1.33 bits per heavy atom. The second kappa shape index (κ2) is 11.6. The molecule has 0 aliphatic rings. The molecule has 1 atom stereocenters. The maximum atomic E-state index is 11.3. The molecule has 0 fully saturated rings. The highest BCUT2D eigenvalue weighted by Crippen LogP contribution is 2.00. The summed E-state index contributed by atoms with van der Waals surface area (Å²) >= 11 is 0. The van der Waals surface area contributed by atoms with Crippen molar-refractivity contribution < 1.29 is 25.3 Å². The number of hydrogen-bond donors (Lipinski definition) is 3. The minimum absolute atomic E-state index is 0. The van der Waals surface area contributed by atoms with Gasteiger partial charge in [0, 0.05) is 13.5 Å². The maximum Gasteiger partial charge on any atom is 0.328 e. The van der Waals surface area contributed by atoms with E-state index in [0.717, 1.165) is 0 Å². The standard InChI is InChI=1S/C9H18N4O3.2H2O/c1-6(14)13-7(8(15)16-2)4-3-5-12-9(10)11;;/h7H,3-5H2,1-2H3,(H,13,14)(H4,10,11,12);2*1H2/t7-;;/m0../s1. The molecule has 1 amide bonds. The zero-order chi connectivity index (χ0) is 12.6. The van der Waals surface area contributed by atoms with E-state index in [0.29, 0.717) is 19.4 Å². The van der Waals surface area contributed by atoms with Crippen molar-refractivity contribution in [2.24, 2.45) is 16.5 Å². The molecule has 0 aromatic rings. The van der Waals surface area contributed by atoms with Gasteiger partial charge in [0.1, 0.15) is 6.04 Å². The summed E-state index contributed by atoms with van der Waals surface area (Å²) in [5, 5.41) is 2.49. The Morgan fingerprint density at radius 3 is 2.28 bits per heavy atom. The number of nitrogens with one attached hydrogen (secondary N) is 1. The molecule has 0 aromatic heterocycles. The van der Waals surface area contributed by atoms with Crippen molar-refractivity contribution in [3.63, 3.8) is 0 Å². The number of amides is 1. The van der Waals surface area contributed by atoms with Gasteiger partial charge in [-0.1, -0.05) is 0 Å². The molecule has 0 unspecified atom stereocenters. The van der Waals surface area contributed by atoms with E-state index in [1.54, 1.807) is 0 Å². The van der Waals surface area contributed by atoms with Crippen LogP contribution >= 0.6 is 0 Å². The first-order valence-electron chi connectivity index (χ1n) is 4.87. The van der Waals surface area contributed by atoms with Crippen LogP contribution in [0.25, 0.3) is 0 Å². The summed E-state index contributed by atoms with van der Waals surface area (Å²) in [6.45, 7) is 1.75. The van der Waals surface area contributed by atoms with E-state index in [2.05, 4.69) is 15.0 Å². The molecule has 18 heavy (non-hydrogen) atoms. The van der Waals surface area contributed by atoms with E-state index in [1.165, 1.54) is 14.0 Å². The lowest BCUT2D eigenvalue weighted by Crippen LogP contribution is -2.40. The fourth-order valence-corrected chi connectivity index (χ4v) is 1.14. The van der Waals surface area contributed by atoms with Crippen molar-refractivity contribution in [1.29, 1.82) is 0 Å². The van der Waals surface area contributed by atoms with Gasteiger partial charge in [0.05, 0.1) is 7.11 Å². The van der Waals surface area contributed by atoms with E-state index >= 15 is 0 Å². The molecule has 0 bridgehead atoms. The summed E-state index contributed by atoms with van der Waals surface area (Å²) in [5.74, 6) is -0.744. The predicted molar refractivity (Wildman–Crippen MR) is 66.8 cm³/mol. The molecule has 0 saturated carbocycles. The SMILES string of the molecule is COC(=O)[C@H](CCCN=C(N)N)NC(C)=O.O.O. The van der Waals surface area contributed by atoms with Gasteiger partial charge in [0.25, 0.3) is 0 Å². The number of guanidine groups is 1. The Hall–Kier alpha value is -1.87. The number of aliphatic imine (C=N–C) groups is 1. The van der Waals surface area contributed by atoms with Crippen LogP contribution in [0.5, 0.6) is 0 Å². The maximum absolute atomic E-state index is 11.3. The highest BCUT2D eigenvalue weighted by atomic mass is 16.5. The van der Waals surface area contributed by atoms with Crippen molar-refractivity contribution >= 4 is 17.8 Å². The summed E-state index contributed by atoms with van der Waals surface area (Å²) in [5.41, 5.74) is 10.3. The topological polar surface area (TPSA) is 183 Å². The molecule has 0 heterocycles. The number of methoxy groups -OCH3 is 1. The molecule has 0 radical (unpaired) electrons. The Morgan fingerprint density at radius 2 is 1.89 bits per heavy atom. The Bertz CT molecular complexity index is 278. The van der Waals surface area contributed by atoms with Crippen LogP contribution in [-0.2, 0) is 14.3 Å².